The fraction of sp³-hybridized carbons (Fsp3) is 0.800. The third-order valence-electron chi connectivity index (χ3n) is 1.78. The van der Waals surface area contributed by atoms with Crippen molar-refractivity contribution in [3.8, 4) is 0 Å². The van der Waals surface area contributed by atoms with Gasteiger partial charge >= 0.3 is 0 Å². The molecule has 1 aliphatic heterocycles. The van der Waals surface area contributed by atoms with E-state index in [2.05, 4.69) is 32.9 Å². The standard InChI is InChI=1S/C10H18O/c1-10(2,3)7-6-9-5-4-8-11-9/h6-7,9H,4-5,8H2,1-3H3/b7-6+. The lowest BCUT2D eigenvalue weighted by Gasteiger charge is -2.12. The average Bonchev–Trinajstić information content (AvgIpc) is 2.32. The summed E-state index contributed by atoms with van der Waals surface area (Å²) in [6, 6.07) is 0. The van der Waals surface area contributed by atoms with Crippen LogP contribution in [0.3, 0.4) is 0 Å². The number of hydrogen-bond donors (Lipinski definition) is 0. The minimum absolute atomic E-state index is 0.298. The SMILES string of the molecule is CC(C)(C)/C=C/C1CCCO1. The van der Waals surface area contributed by atoms with E-state index < -0.39 is 0 Å². The van der Waals surface area contributed by atoms with E-state index in [0.29, 0.717) is 11.5 Å². The van der Waals surface area contributed by atoms with Gasteiger partial charge in [0.1, 0.15) is 0 Å². The molecule has 1 aliphatic rings. The molecule has 1 saturated heterocycles. The van der Waals surface area contributed by atoms with Gasteiger partial charge < -0.3 is 4.74 Å². The predicted octanol–water partition coefficient (Wildman–Crippen LogP) is 2.77. The molecular formula is C10H18O. The Hall–Kier alpha value is -0.300. The Bertz CT molecular complexity index is 135. The van der Waals surface area contributed by atoms with Crippen molar-refractivity contribution in [1.29, 1.82) is 0 Å². The molecule has 0 amide bonds. The van der Waals surface area contributed by atoms with Gasteiger partial charge in [-0.05, 0) is 18.3 Å². The van der Waals surface area contributed by atoms with Crippen molar-refractivity contribution in [2.75, 3.05) is 6.61 Å². The first-order valence-electron chi connectivity index (χ1n) is 4.39. The lowest BCUT2D eigenvalue weighted by Crippen LogP contribution is -2.04. The van der Waals surface area contributed by atoms with Crippen LogP contribution in [0, 0.1) is 5.41 Å². The minimum atomic E-state index is 0.298. The predicted molar refractivity (Wildman–Crippen MR) is 47.6 cm³/mol. The zero-order valence-electron chi connectivity index (χ0n) is 7.76. The number of allylic oxidation sites excluding steroid dienone is 1. The van der Waals surface area contributed by atoms with Gasteiger partial charge in [-0.3, -0.25) is 0 Å². The average molecular weight is 154 g/mol. The minimum Gasteiger partial charge on any atom is -0.374 e. The summed E-state index contributed by atoms with van der Waals surface area (Å²) >= 11 is 0. The normalized spacial score (nSPS) is 26.6. The molecule has 1 heteroatoms. The van der Waals surface area contributed by atoms with Crippen LogP contribution < -0.4 is 0 Å². The van der Waals surface area contributed by atoms with E-state index in [4.69, 9.17) is 4.74 Å². The van der Waals surface area contributed by atoms with Crippen LogP contribution in [0.25, 0.3) is 0 Å². The Balaban J connectivity index is 2.34. The lowest BCUT2D eigenvalue weighted by molar-refractivity contribution is 0.145. The molecular weight excluding hydrogens is 136 g/mol. The molecule has 0 aromatic heterocycles. The van der Waals surface area contributed by atoms with Gasteiger partial charge in [-0.2, -0.15) is 0 Å². The molecule has 0 saturated carbocycles. The van der Waals surface area contributed by atoms with Crippen molar-refractivity contribution in [3.63, 3.8) is 0 Å². The van der Waals surface area contributed by atoms with Crippen LogP contribution in [0.2, 0.25) is 0 Å². The molecule has 11 heavy (non-hydrogen) atoms. The first-order valence-corrected chi connectivity index (χ1v) is 4.39. The Morgan fingerprint density at radius 2 is 2.09 bits per heavy atom. The van der Waals surface area contributed by atoms with Gasteiger partial charge in [-0.1, -0.05) is 32.9 Å². The lowest BCUT2D eigenvalue weighted by atomic mass is 9.95. The highest BCUT2D eigenvalue weighted by Gasteiger charge is 2.13. The molecule has 1 rings (SSSR count). The van der Waals surface area contributed by atoms with Gasteiger partial charge in [-0.25, -0.2) is 0 Å². The van der Waals surface area contributed by atoms with E-state index in [1.807, 2.05) is 0 Å². The van der Waals surface area contributed by atoms with E-state index in [-0.39, 0.29) is 0 Å². The van der Waals surface area contributed by atoms with Crippen LogP contribution in [-0.2, 0) is 4.74 Å². The Morgan fingerprint density at radius 3 is 2.55 bits per heavy atom. The van der Waals surface area contributed by atoms with Crippen molar-refractivity contribution in [2.45, 2.75) is 39.7 Å². The van der Waals surface area contributed by atoms with E-state index >= 15 is 0 Å². The van der Waals surface area contributed by atoms with Crippen molar-refractivity contribution in [1.82, 2.24) is 0 Å². The molecule has 0 aliphatic carbocycles. The summed E-state index contributed by atoms with van der Waals surface area (Å²) in [6.45, 7) is 7.56. The molecule has 1 heterocycles. The summed E-state index contributed by atoms with van der Waals surface area (Å²) in [5.74, 6) is 0. The van der Waals surface area contributed by atoms with Crippen LogP contribution in [0.5, 0.6) is 0 Å². The summed E-state index contributed by atoms with van der Waals surface area (Å²) in [5.41, 5.74) is 0.298. The Kier molecular flexibility index (Phi) is 2.72. The molecule has 1 atom stereocenters. The fourth-order valence-electron chi connectivity index (χ4n) is 1.15. The van der Waals surface area contributed by atoms with Gasteiger partial charge in [0.05, 0.1) is 6.10 Å². The van der Waals surface area contributed by atoms with Crippen molar-refractivity contribution < 1.29 is 4.74 Å². The quantitative estimate of drug-likeness (QED) is 0.528. The van der Waals surface area contributed by atoms with E-state index in [0.717, 1.165) is 6.61 Å². The fourth-order valence-corrected chi connectivity index (χ4v) is 1.15. The smallest absolute Gasteiger partial charge is 0.0756 e. The van der Waals surface area contributed by atoms with Crippen molar-refractivity contribution >= 4 is 0 Å². The third kappa shape index (κ3) is 3.57. The summed E-state index contributed by atoms with van der Waals surface area (Å²) in [5, 5.41) is 0. The number of rotatable bonds is 1. The van der Waals surface area contributed by atoms with Gasteiger partial charge in [0.2, 0.25) is 0 Å². The molecule has 0 radical (unpaired) electrons. The molecule has 64 valence electrons. The van der Waals surface area contributed by atoms with Crippen molar-refractivity contribution in [2.24, 2.45) is 5.41 Å². The van der Waals surface area contributed by atoms with E-state index in [1.165, 1.54) is 12.8 Å². The zero-order chi connectivity index (χ0) is 8.32. The van der Waals surface area contributed by atoms with Crippen LogP contribution in [0.1, 0.15) is 33.6 Å². The van der Waals surface area contributed by atoms with Gasteiger partial charge in [0.25, 0.3) is 0 Å². The van der Waals surface area contributed by atoms with Crippen LogP contribution in [0.15, 0.2) is 12.2 Å². The molecule has 0 bridgehead atoms. The highest BCUT2D eigenvalue weighted by molar-refractivity contribution is 4.97. The molecule has 1 nitrogen and oxygen atoms in total. The molecule has 0 aromatic carbocycles. The molecule has 1 unspecified atom stereocenters. The number of hydrogen-bond acceptors (Lipinski definition) is 1. The van der Waals surface area contributed by atoms with Crippen LogP contribution in [-0.4, -0.2) is 12.7 Å². The van der Waals surface area contributed by atoms with Gasteiger partial charge in [-0.15, -0.1) is 0 Å². The largest absolute Gasteiger partial charge is 0.374 e. The molecule has 0 N–H and O–H groups in total. The van der Waals surface area contributed by atoms with Crippen molar-refractivity contribution in [3.05, 3.63) is 12.2 Å². The second kappa shape index (κ2) is 3.40. The summed E-state index contributed by atoms with van der Waals surface area (Å²) in [7, 11) is 0. The highest BCUT2D eigenvalue weighted by atomic mass is 16.5. The maximum absolute atomic E-state index is 5.46. The third-order valence-corrected chi connectivity index (χ3v) is 1.78. The first kappa shape index (κ1) is 8.79. The topological polar surface area (TPSA) is 9.23 Å². The zero-order valence-corrected chi connectivity index (χ0v) is 7.76. The summed E-state index contributed by atoms with van der Waals surface area (Å²) in [4.78, 5) is 0. The maximum Gasteiger partial charge on any atom is 0.0756 e. The first-order chi connectivity index (χ1) is 5.08. The molecule has 0 spiro atoms. The Morgan fingerprint density at radius 1 is 1.36 bits per heavy atom. The molecule has 1 fully saturated rings. The monoisotopic (exact) mass is 154 g/mol. The number of ether oxygens (including phenoxy) is 1. The maximum atomic E-state index is 5.46. The van der Waals surface area contributed by atoms with Crippen LogP contribution in [0.4, 0.5) is 0 Å². The van der Waals surface area contributed by atoms with E-state index in [1.54, 1.807) is 0 Å². The van der Waals surface area contributed by atoms with E-state index in [9.17, 15) is 0 Å². The summed E-state index contributed by atoms with van der Waals surface area (Å²) < 4.78 is 5.46. The second-order valence-electron chi connectivity index (χ2n) is 4.28. The summed E-state index contributed by atoms with van der Waals surface area (Å²) in [6.07, 6.45) is 7.26. The molecule has 0 aromatic rings. The second-order valence-corrected chi connectivity index (χ2v) is 4.28. The Labute approximate surface area is 69.4 Å². The van der Waals surface area contributed by atoms with Gasteiger partial charge in [0.15, 0.2) is 0 Å². The van der Waals surface area contributed by atoms with Crippen LogP contribution >= 0.6 is 0 Å². The van der Waals surface area contributed by atoms with Gasteiger partial charge in [0, 0.05) is 6.61 Å². The highest BCUT2D eigenvalue weighted by Crippen LogP contribution is 2.19.